The molecule has 1 rings (SSSR count). The molecule has 7 heteroatoms. The molecule has 0 spiro atoms. The van der Waals surface area contributed by atoms with Crippen molar-refractivity contribution in [3.8, 4) is 0 Å². The van der Waals surface area contributed by atoms with Crippen LogP contribution in [0.25, 0.3) is 0 Å². The molecular formula is C8H10BBrF4N-. The van der Waals surface area contributed by atoms with Crippen LogP contribution >= 0.6 is 15.9 Å². The maximum Gasteiger partial charge on any atom is 0.673 e. The standard InChI is InChI=1S/C8H10BrN.BF4/c1-5-4-8(10)6(2)3-7(5)9;2-1(3,4)5/h3-4H,10H2,1-2H3;/q;-1. The van der Waals surface area contributed by atoms with E-state index in [1.807, 2.05) is 26.0 Å². The molecule has 0 aromatic heterocycles. The summed E-state index contributed by atoms with van der Waals surface area (Å²) in [5.41, 5.74) is 8.84. The van der Waals surface area contributed by atoms with Crippen LogP contribution in [0, 0.1) is 13.8 Å². The molecule has 0 aliphatic carbocycles. The zero-order chi connectivity index (χ0) is 12.2. The average Bonchev–Trinajstić information content (AvgIpc) is 1.98. The quantitative estimate of drug-likeness (QED) is 0.436. The summed E-state index contributed by atoms with van der Waals surface area (Å²) < 4.78 is 40.1. The number of anilines is 1. The molecule has 0 saturated carbocycles. The van der Waals surface area contributed by atoms with E-state index in [1.165, 1.54) is 5.56 Å². The smallest absolute Gasteiger partial charge is 0.418 e. The zero-order valence-corrected chi connectivity index (χ0v) is 9.79. The highest BCUT2D eigenvalue weighted by Gasteiger charge is 2.20. The van der Waals surface area contributed by atoms with Crippen LogP contribution in [0.2, 0.25) is 0 Å². The third kappa shape index (κ3) is 7.24. The van der Waals surface area contributed by atoms with Crippen LogP contribution in [0.1, 0.15) is 11.1 Å². The minimum atomic E-state index is -6.00. The molecule has 15 heavy (non-hydrogen) atoms. The van der Waals surface area contributed by atoms with E-state index in [4.69, 9.17) is 5.73 Å². The highest BCUT2D eigenvalue weighted by Crippen LogP contribution is 2.21. The van der Waals surface area contributed by atoms with Gasteiger partial charge in [0.1, 0.15) is 0 Å². The lowest BCUT2D eigenvalue weighted by atomic mass is 10.1. The van der Waals surface area contributed by atoms with Crippen LogP contribution in [-0.2, 0) is 0 Å². The van der Waals surface area contributed by atoms with E-state index in [9.17, 15) is 17.3 Å². The summed E-state index contributed by atoms with van der Waals surface area (Å²) in [6.07, 6.45) is 0. The van der Waals surface area contributed by atoms with Crippen molar-refractivity contribution < 1.29 is 17.3 Å². The van der Waals surface area contributed by atoms with E-state index in [0.717, 1.165) is 15.7 Å². The maximum absolute atomic E-state index is 9.75. The number of benzene rings is 1. The van der Waals surface area contributed by atoms with Crippen molar-refractivity contribution in [2.75, 3.05) is 5.73 Å². The van der Waals surface area contributed by atoms with Crippen molar-refractivity contribution in [1.82, 2.24) is 0 Å². The van der Waals surface area contributed by atoms with Gasteiger partial charge in [0.25, 0.3) is 0 Å². The topological polar surface area (TPSA) is 26.0 Å². The lowest BCUT2D eigenvalue weighted by Gasteiger charge is -2.02. The van der Waals surface area contributed by atoms with E-state index in [1.54, 1.807) is 0 Å². The molecule has 1 aromatic rings. The van der Waals surface area contributed by atoms with Crippen molar-refractivity contribution in [2.24, 2.45) is 0 Å². The molecule has 0 amide bonds. The molecule has 0 unspecified atom stereocenters. The van der Waals surface area contributed by atoms with Crippen LogP contribution in [0.15, 0.2) is 16.6 Å². The Kier molecular flexibility index (Phi) is 5.13. The minimum Gasteiger partial charge on any atom is -0.418 e. The molecule has 1 aromatic carbocycles. The van der Waals surface area contributed by atoms with Crippen molar-refractivity contribution in [3.63, 3.8) is 0 Å². The molecule has 0 fully saturated rings. The van der Waals surface area contributed by atoms with Gasteiger partial charge in [-0.3, -0.25) is 0 Å². The van der Waals surface area contributed by atoms with Crippen molar-refractivity contribution in [2.45, 2.75) is 13.8 Å². The second-order valence-corrected chi connectivity index (χ2v) is 3.81. The number of nitrogen functional groups attached to an aromatic ring is 1. The molecule has 86 valence electrons. The lowest BCUT2D eigenvalue weighted by molar-refractivity contribution is 0.368. The molecular weight excluding hydrogens is 277 g/mol. The van der Waals surface area contributed by atoms with Crippen LogP contribution in [0.5, 0.6) is 0 Å². The van der Waals surface area contributed by atoms with Gasteiger partial charge < -0.3 is 23.0 Å². The zero-order valence-electron chi connectivity index (χ0n) is 8.20. The Morgan fingerprint density at radius 3 is 1.80 bits per heavy atom. The first-order chi connectivity index (χ1) is 6.61. The Hall–Kier alpha value is -0.715. The number of aryl methyl sites for hydroxylation is 2. The van der Waals surface area contributed by atoms with Gasteiger partial charge in [0.15, 0.2) is 0 Å². The number of halogens is 5. The first kappa shape index (κ1) is 14.3. The molecule has 0 saturated heterocycles. The van der Waals surface area contributed by atoms with Gasteiger partial charge in [-0.15, -0.1) is 0 Å². The highest BCUT2D eigenvalue weighted by atomic mass is 79.9. The van der Waals surface area contributed by atoms with Gasteiger partial charge in [0.05, 0.1) is 0 Å². The SMILES string of the molecule is Cc1cc(Br)c(C)cc1N.F[B-](F)(F)F. The van der Waals surface area contributed by atoms with E-state index < -0.39 is 7.25 Å². The number of hydrogen-bond donors (Lipinski definition) is 1. The predicted molar refractivity (Wildman–Crippen MR) is 58.2 cm³/mol. The average molecular weight is 287 g/mol. The summed E-state index contributed by atoms with van der Waals surface area (Å²) >= 11 is 3.42. The number of nitrogens with two attached hydrogens (primary N) is 1. The second-order valence-electron chi connectivity index (χ2n) is 2.95. The Labute approximate surface area is 93.9 Å². The Morgan fingerprint density at radius 2 is 1.47 bits per heavy atom. The van der Waals surface area contributed by atoms with Gasteiger partial charge in [-0.25, -0.2) is 0 Å². The van der Waals surface area contributed by atoms with Gasteiger partial charge in [-0.05, 0) is 37.1 Å². The molecule has 0 aliphatic rings. The van der Waals surface area contributed by atoms with Gasteiger partial charge in [0, 0.05) is 10.2 Å². The first-order valence-corrected chi connectivity index (χ1v) is 4.80. The van der Waals surface area contributed by atoms with Gasteiger partial charge in [-0.1, -0.05) is 15.9 Å². The number of rotatable bonds is 0. The summed E-state index contributed by atoms with van der Waals surface area (Å²) in [5.74, 6) is 0. The Balaban J connectivity index is 0.000000336. The van der Waals surface area contributed by atoms with Gasteiger partial charge in [0.2, 0.25) is 0 Å². The summed E-state index contributed by atoms with van der Waals surface area (Å²) in [5, 5.41) is 0. The Morgan fingerprint density at radius 1 is 1.07 bits per heavy atom. The number of hydrogen-bond acceptors (Lipinski definition) is 1. The highest BCUT2D eigenvalue weighted by molar-refractivity contribution is 9.10. The van der Waals surface area contributed by atoms with Crippen molar-refractivity contribution >= 4 is 28.9 Å². The third-order valence-electron chi connectivity index (χ3n) is 1.55. The van der Waals surface area contributed by atoms with Crippen molar-refractivity contribution in [1.29, 1.82) is 0 Å². The van der Waals surface area contributed by atoms with E-state index in [-0.39, 0.29) is 0 Å². The molecule has 0 radical (unpaired) electrons. The second kappa shape index (κ2) is 5.39. The molecule has 2 N–H and O–H groups in total. The molecule has 1 nitrogen and oxygen atoms in total. The van der Waals surface area contributed by atoms with Crippen LogP contribution in [-0.4, -0.2) is 7.25 Å². The van der Waals surface area contributed by atoms with Crippen LogP contribution in [0.3, 0.4) is 0 Å². The molecule has 0 atom stereocenters. The summed E-state index contributed by atoms with van der Waals surface area (Å²) in [6, 6.07) is 4.00. The summed E-state index contributed by atoms with van der Waals surface area (Å²) in [7, 11) is -6.00. The van der Waals surface area contributed by atoms with E-state index in [0.29, 0.717) is 0 Å². The Bertz CT molecular complexity index is 284. The maximum atomic E-state index is 9.75. The van der Waals surface area contributed by atoms with Crippen molar-refractivity contribution in [3.05, 3.63) is 27.7 Å². The fourth-order valence-corrected chi connectivity index (χ4v) is 1.26. The van der Waals surface area contributed by atoms with Crippen LogP contribution < -0.4 is 5.73 Å². The van der Waals surface area contributed by atoms with E-state index >= 15 is 0 Å². The lowest BCUT2D eigenvalue weighted by Crippen LogP contribution is -2.02. The first-order valence-electron chi connectivity index (χ1n) is 4.01. The molecule has 0 bridgehead atoms. The molecule has 0 heterocycles. The largest absolute Gasteiger partial charge is 0.673 e. The predicted octanol–water partition coefficient (Wildman–Crippen LogP) is 3.95. The third-order valence-corrected chi connectivity index (χ3v) is 2.40. The summed E-state index contributed by atoms with van der Waals surface area (Å²) in [4.78, 5) is 0. The molecule has 0 aliphatic heterocycles. The normalized spacial score (nSPS) is 10.6. The van der Waals surface area contributed by atoms with Gasteiger partial charge >= 0.3 is 7.25 Å². The fraction of sp³-hybridized carbons (Fsp3) is 0.250. The van der Waals surface area contributed by atoms with E-state index in [2.05, 4.69) is 15.9 Å². The summed E-state index contributed by atoms with van der Waals surface area (Å²) in [6.45, 7) is 4.03. The van der Waals surface area contributed by atoms with Gasteiger partial charge in [-0.2, -0.15) is 0 Å². The monoisotopic (exact) mass is 286 g/mol. The van der Waals surface area contributed by atoms with Crippen LogP contribution in [0.4, 0.5) is 23.0 Å². The fourth-order valence-electron chi connectivity index (χ4n) is 0.803. The minimum absolute atomic E-state index is 0.862.